The molecule has 0 saturated carbocycles. The van der Waals surface area contributed by atoms with Gasteiger partial charge in [0.15, 0.2) is 11.5 Å². The molecule has 0 radical (unpaired) electrons. The van der Waals surface area contributed by atoms with Gasteiger partial charge in [-0.2, -0.15) is 0 Å². The van der Waals surface area contributed by atoms with Crippen LogP contribution in [0.2, 0.25) is 0 Å². The molecule has 5 nitrogen and oxygen atoms in total. The number of benzene rings is 1. The summed E-state index contributed by atoms with van der Waals surface area (Å²) in [5.74, 6) is 1.39. The fourth-order valence-corrected chi connectivity index (χ4v) is 1.76. The quantitative estimate of drug-likeness (QED) is 0.894. The van der Waals surface area contributed by atoms with Crippen LogP contribution in [0.1, 0.15) is 24.2 Å². The van der Waals surface area contributed by atoms with E-state index in [1.54, 1.807) is 19.6 Å². The number of aryl methyl sites for hydroxylation is 1. The molecule has 5 heteroatoms. The van der Waals surface area contributed by atoms with E-state index in [-0.39, 0.29) is 6.04 Å². The summed E-state index contributed by atoms with van der Waals surface area (Å²) in [5, 5.41) is 0. The molecule has 0 amide bonds. The van der Waals surface area contributed by atoms with Gasteiger partial charge in [0.25, 0.3) is 0 Å². The Kier molecular flexibility index (Phi) is 4.06. The van der Waals surface area contributed by atoms with Crippen molar-refractivity contribution in [2.45, 2.75) is 19.6 Å². The highest BCUT2D eigenvalue weighted by molar-refractivity contribution is 5.43. The summed E-state index contributed by atoms with van der Waals surface area (Å²) in [5.41, 5.74) is 7.87. The van der Waals surface area contributed by atoms with Crippen molar-refractivity contribution in [3.05, 3.63) is 42.0 Å². The topological polar surface area (TPSA) is 62.3 Å². The van der Waals surface area contributed by atoms with Crippen molar-refractivity contribution >= 4 is 0 Å². The third-order valence-corrected chi connectivity index (χ3v) is 3.01. The fraction of sp³-hybridized carbons (Fsp3) is 0.357. The highest BCUT2D eigenvalue weighted by Gasteiger charge is 2.09. The van der Waals surface area contributed by atoms with Gasteiger partial charge in [0.1, 0.15) is 6.61 Å². The molecular formula is C14H19N3O2. The third-order valence-electron chi connectivity index (χ3n) is 3.01. The zero-order valence-corrected chi connectivity index (χ0v) is 11.5. The van der Waals surface area contributed by atoms with Gasteiger partial charge in [0.05, 0.1) is 25.3 Å². The number of methoxy groups -OCH3 is 1. The van der Waals surface area contributed by atoms with E-state index in [2.05, 4.69) is 4.98 Å². The van der Waals surface area contributed by atoms with E-state index < -0.39 is 0 Å². The zero-order valence-electron chi connectivity index (χ0n) is 11.5. The average Bonchev–Trinajstić information content (AvgIpc) is 2.81. The van der Waals surface area contributed by atoms with Gasteiger partial charge in [-0.3, -0.25) is 0 Å². The second-order valence-electron chi connectivity index (χ2n) is 4.48. The number of imidazole rings is 1. The van der Waals surface area contributed by atoms with Crippen LogP contribution >= 0.6 is 0 Å². The van der Waals surface area contributed by atoms with Gasteiger partial charge in [0.2, 0.25) is 0 Å². The first kappa shape index (κ1) is 13.4. The predicted molar refractivity (Wildman–Crippen MR) is 73.1 cm³/mol. The molecule has 0 bridgehead atoms. The fourth-order valence-electron chi connectivity index (χ4n) is 1.76. The monoisotopic (exact) mass is 261 g/mol. The molecule has 0 aliphatic carbocycles. The number of nitrogens with zero attached hydrogens (tertiary/aromatic N) is 2. The summed E-state index contributed by atoms with van der Waals surface area (Å²) in [6, 6.07) is 5.71. The van der Waals surface area contributed by atoms with Gasteiger partial charge >= 0.3 is 0 Å². The van der Waals surface area contributed by atoms with Crippen molar-refractivity contribution in [1.82, 2.24) is 9.55 Å². The molecule has 102 valence electrons. The summed E-state index contributed by atoms with van der Waals surface area (Å²) < 4.78 is 13.0. The van der Waals surface area contributed by atoms with E-state index in [1.165, 1.54) is 0 Å². The number of hydrogen-bond donors (Lipinski definition) is 1. The van der Waals surface area contributed by atoms with Crippen molar-refractivity contribution < 1.29 is 9.47 Å². The highest BCUT2D eigenvalue weighted by Crippen LogP contribution is 2.30. The van der Waals surface area contributed by atoms with Gasteiger partial charge < -0.3 is 19.8 Å². The largest absolute Gasteiger partial charge is 0.493 e. The lowest BCUT2D eigenvalue weighted by atomic mass is 10.1. The van der Waals surface area contributed by atoms with Crippen LogP contribution in [-0.2, 0) is 13.7 Å². The summed E-state index contributed by atoms with van der Waals surface area (Å²) in [6.45, 7) is 2.38. The maximum Gasteiger partial charge on any atom is 0.161 e. The smallest absolute Gasteiger partial charge is 0.161 e. The maximum atomic E-state index is 5.85. The Morgan fingerprint density at radius 2 is 2.16 bits per heavy atom. The minimum absolute atomic E-state index is 0.0278. The number of aromatic nitrogens is 2. The van der Waals surface area contributed by atoms with Crippen LogP contribution in [0.25, 0.3) is 0 Å². The van der Waals surface area contributed by atoms with E-state index in [1.807, 2.05) is 36.7 Å². The van der Waals surface area contributed by atoms with Crippen molar-refractivity contribution in [3.8, 4) is 11.5 Å². The van der Waals surface area contributed by atoms with Crippen LogP contribution in [0.4, 0.5) is 0 Å². The van der Waals surface area contributed by atoms with Crippen LogP contribution in [0.5, 0.6) is 11.5 Å². The summed E-state index contributed by atoms with van der Waals surface area (Å²) >= 11 is 0. The number of ether oxygens (including phenoxy) is 2. The normalized spacial score (nSPS) is 12.2. The molecule has 2 aromatic rings. The first-order chi connectivity index (χ1) is 9.11. The van der Waals surface area contributed by atoms with Crippen LogP contribution in [-0.4, -0.2) is 16.7 Å². The van der Waals surface area contributed by atoms with Gasteiger partial charge in [-0.1, -0.05) is 6.07 Å². The van der Waals surface area contributed by atoms with E-state index in [9.17, 15) is 0 Å². The van der Waals surface area contributed by atoms with Crippen molar-refractivity contribution in [2.75, 3.05) is 7.11 Å². The molecule has 1 aromatic carbocycles. The molecule has 1 atom stereocenters. The Bertz CT molecular complexity index is 549. The minimum Gasteiger partial charge on any atom is -0.493 e. The zero-order chi connectivity index (χ0) is 13.8. The Labute approximate surface area is 113 Å². The molecule has 0 fully saturated rings. The van der Waals surface area contributed by atoms with Crippen molar-refractivity contribution in [1.29, 1.82) is 0 Å². The Hall–Kier alpha value is -2.01. The third kappa shape index (κ3) is 3.06. The second-order valence-corrected chi connectivity index (χ2v) is 4.48. The lowest BCUT2D eigenvalue weighted by Gasteiger charge is -2.13. The Morgan fingerprint density at radius 3 is 2.74 bits per heavy atom. The van der Waals surface area contributed by atoms with E-state index in [4.69, 9.17) is 15.2 Å². The molecule has 2 N–H and O–H groups in total. The van der Waals surface area contributed by atoms with Crippen LogP contribution in [0, 0.1) is 0 Å². The van der Waals surface area contributed by atoms with Crippen LogP contribution in [0.3, 0.4) is 0 Å². The standard InChI is InChI=1S/C14H19N3O2/c1-10(15)11-4-5-13(14(6-11)18-3)19-8-12-7-16-9-17(12)2/h4-7,9-10H,8,15H2,1-3H3/t10-/m1/s1. The minimum atomic E-state index is -0.0278. The van der Waals surface area contributed by atoms with Crippen LogP contribution in [0.15, 0.2) is 30.7 Å². The summed E-state index contributed by atoms with van der Waals surface area (Å²) in [6.07, 6.45) is 3.53. The molecule has 0 spiro atoms. The highest BCUT2D eigenvalue weighted by atomic mass is 16.5. The molecule has 1 aromatic heterocycles. The molecule has 2 rings (SSSR count). The van der Waals surface area contributed by atoms with Crippen molar-refractivity contribution in [3.63, 3.8) is 0 Å². The number of hydrogen-bond acceptors (Lipinski definition) is 4. The van der Waals surface area contributed by atoms with E-state index in [0.717, 1.165) is 11.3 Å². The van der Waals surface area contributed by atoms with Gasteiger partial charge in [-0.25, -0.2) is 4.98 Å². The lowest BCUT2D eigenvalue weighted by molar-refractivity contribution is 0.277. The number of rotatable bonds is 5. The van der Waals surface area contributed by atoms with Gasteiger partial charge in [-0.15, -0.1) is 0 Å². The molecule has 0 aliphatic heterocycles. The molecular weight excluding hydrogens is 242 g/mol. The van der Waals surface area contributed by atoms with Crippen LogP contribution < -0.4 is 15.2 Å². The second kappa shape index (κ2) is 5.75. The van der Waals surface area contributed by atoms with Gasteiger partial charge in [0, 0.05) is 13.1 Å². The van der Waals surface area contributed by atoms with E-state index >= 15 is 0 Å². The number of nitrogens with two attached hydrogens (primary N) is 1. The molecule has 1 heterocycles. The lowest BCUT2D eigenvalue weighted by Crippen LogP contribution is -2.06. The first-order valence-electron chi connectivity index (χ1n) is 6.13. The summed E-state index contributed by atoms with van der Waals surface area (Å²) in [4.78, 5) is 4.05. The Morgan fingerprint density at radius 1 is 1.37 bits per heavy atom. The van der Waals surface area contributed by atoms with Gasteiger partial charge in [-0.05, 0) is 24.6 Å². The Balaban J connectivity index is 2.14. The van der Waals surface area contributed by atoms with Crippen molar-refractivity contribution in [2.24, 2.45) is 12.8 Å². The van der Waals surface area contributed by atoms with E-state index in [0.29, 0.717) is 18.1 Å². The summed E-state index contributed by atoms with van der Waals surface area (Å²) in [7, 11) is 3.55. The first-order valence-corrected chi connectivity index (χ1v) is 6.13. The maximum absolute atomic E-state index is 5.85. The molecule has 0 saturated heterocycles. The predicted octanol–water partition coefficient (Wildman–Crippen LogP) is 2.03. The average molecular weight is 261 g/mol. The molecule has 19 heavy (non-hydrogen) atoms. The molecule has 0 aliphatic rings. The SMILES string of the molecule is COc1cc([C@@H](C)N)ccc1OCc1cncn1C. The molecule has 0 unspecified atom stereocenters.